The fourth-order valence-corrected chi connectivity index (χ4v) is 7.79. The molecule has 0 radical (unpaired) electrons. The Kier molecular flexibility index (Phi) is 4.17. The first kappa shape index (κ1) is 20.5. The topological polar surface area (TPSA) is 87.0 Å². The van der Waals surface area contributed by atoms with Crippen molar-refractivity contribution >= 4 is 5.78 Å². The fraction of sp³-hybridized carbons (Fsp3) is 0.870. The van der Waals surface area contributed by atoms with Crippen LogP contribution in [0.3, 0.4) is 0 Å². The van der Waals surface area contributed by atoms with Gasteiger partial charge in [-0.1, -0.05) is 41.5 Å². The molecule has 3 aliphatic carbocycles. The van der Waals surface area contributed by atoms with Crippen molar-refractivity contribution in [1.29, 1.82) is 0 Å². The molecular formula is C23H36O5. The third kappa shape index (κ3) is 2.04. The summed E-state index contributed by atoms with van der Waals surface area (Å²) in [5, 5.41) is 34.6. The molecule has 158 valence electrons. The van der Waals surface area contributed by atoms with E-state index in [0.29, 0.717) is 6.42 Å². The highest BCUT2D eigenvalue weighted by Gasteiger charge is 2.72. The van der Waals surface area contributed by atoms with Crippen LogP contribution in [-0.2, 0) is 9.53 Å². The molecule has 5 nitrogen and oxygen atoms in total. The first-order chi connectivity index (χ1) is 12.7. The van der Waals surface area contributed by atoms with Gasteiger partial charge in [0.25, 0.3) is 0 Å². The molecule has 9 atom stereocenters. The van der Waals surface area contributed by atoms with Crippen LogP contribution in [0, 0.1) is 34.5 Å². The van der Waals surface area contributed by atoms with Gasteiger partial charge in [0, 0.05) is 29.1 Å². The van der Waals surface area contributed by atoms with Crippen molar-refractivity contribution in [3.05, 3.63) is 11.1 Å². The zero-order valence-corrected chi connectivity index (χ0v) is 18.2. The molecule has 4 aliphatic rings. The van der Waals surface area contributed by atoms with Gasteiger partial charge >= 0.3 is 0 Å². The maximum absolute atomic E-state index is 14.0. The molecule has 3 fully saturated rings. The van der Waals surface area contributed by atoms with Crippen molar-refractivity contribution in [2.24, 2.45) is 34.5 Å². The predicted octanol–water partition coefficient (Wildman–Crippen LogP) is 2.47. The maximum Gasteiger partial charge on any atom is 0.146 e. The zero-order chi connectivity index (χ0) is 21.0. The largest absolute Gasteiger partial charge is 0.389 e. The lowest BCUT2D eigenvalue weighted by molar-refractivity contribution is -0.328. The minimum atomic E-state index is -1.23. The van der Waals surface area contributed by atoms with E-state index in [1.54, 1.807) is 0 Å². The standard InChI is InChI=1S/C23H36O5/c1-11-8-16-22(26,10-28-16)18-14(4)23(27)9-15(24)12(2)17(20(23,5)6)13(3)19(25)21(11,18)7/h11,13-16,18,24,26-27H,8-10H2,1-7H3/t11-,13+,14-,15-,16+,18-,21+,22-,23+/m0/s1. The summed E-state index contributed by atoms with van der Waals surface area (Å²) in [6.07, 6.45) is -0.196. The van der Waals surface area contributed by atoms with Crippen LogP contribution >= 0.6 is 0 Å². The number of carbonyl (C=O) groups is 1. The Balaban J connectivity index is 2.01. The van der Waals surface area contributed by atoms with Crippen LogP contribution < -0.4 is 0 Å². The minimum Gasteiger partial charge on any atom is -0.389 e. The zero-order valence-electron chi connectivity index (χ0n) is 18.2. The number of hydrogen-bond acceptors (Lipinski definition) is 5. The van der Waals surface area contributed by atoms with Gasteiger partial charge in [-0.3, -0.25) is 4.79 Å². The third-order valence-corrected chi connectivity index (χ3v) is 9.64. The van der Waals surface area contributed by atoms with Crippen LogP contribution in [0.15, 0.2) is 11.1 Å². The molecule has 1 saturated heterocycles. The molecule has 2 bridgehead atoms. The molecule has 0 aromatic rings. The summed E-state index contributed by atoms with van der Waals surface area (Å²) >= 11 is 0. The Morgan fingerprint density at radius 3 is 2.25 bits per heavy atom. The number of fused-ring (bicyclic) bond motifs is 5. The molecule has 1 aliphatic heterocycles. The van der Waals surface area contributed by atoms with Crippen molar-refractivity contribution in [3.63, 3.8) is 0 Å². The Bertz CT molecular complexity index is 756. The van der Waals surface area contributed by atoms with E-state index in [1.165, 1.54) is 0 Å². The van der Waals surface area contributed by atoms with Gasteiger partial charge in [-0.05, 0) is 36.3 Å². The molecule has 28 heavy (non-hydrogen) atoms. The van der Waals surface area contributed by atoms with Crippen LogP contribution in [0.25, 0.3) is 0 Å². The normalized spacial score (nSPS) is 55.6. The molecule has 3 N–H and O–H groups in total. The van der Waals surface area contributed by atoms with Crippen LogP contribution in [0.2, 0.25) is 0 Å². The molecule has 0 aromatic heterocycles. The lowest BCUT2D eigenvalue weighted by Gasteiger charge is -2.68. The van der Waals surface area contributed by atoms with Crippen molar-refractivity contribution in [2.75, 3.05) is 6.61 Å². The number of aliphatic hydroxyl groups excluding tert-OH is 1. The highest BCUT2D eigenvalue weighted by molar-refractivity contribution is 5.90. The number of ether oxygens (including phenoxy) is 1. The number of carbonyl (C=O) groups excluding carboxylic acids is 1. The Hall–Kier alpha value is -0.750. The quantitative estimate of drug-likeness (QED) is 0.551. The second-order valence-corrected chi connectivity index (χ2v) is 10.9. The monoisotopic (exact) mass is 392 g/mol. The van der Waals surface area contributed by atoms with E-state index >= 15 is 0 Å². The molecule has 1 heterocycles. The van der Waals surface area contributed by atoms with Crippen LogP contribution in [0.1, 0.15) is 61.3 Å². The van der Waals surface area contributed by atoms with Gasteiger partial charge in [0.05, 0.1) is 24.4 Å². The first-order valence-corrected chi connectivity index (χ1v) is 10.7. The fourth-order valence-electron chi connectivity index (χ4n) is 7.79. The average molecular weight is 393 g/mol. The number of aliphatic hydroxyl groups is 3. The average Bonchev–Trinajstić information content (AvgIpc) is 2.60. The molecule has 0 spiro atoms. The molecule has 0 aromatic carbocycles. The number of rotatable bonds is 0. The van der Waals surface area contributed by atoms with E-state index in [9.17, 15) is 20.1 Å². The van der Waals surface area contributed by atoms with E-state index in [0.717, 1.165) is 11.1 Å². The van der Waals surface area contributed by atoms with Crippen LogP contribution in [0.5, 0.6) is 0 Å². The number of hydrogen-bond donors (Lipinski definition) is 3. The summed E-state index contributed by atoms with van der Waals surface area (Å²) in [7, 11) is 0. The second-order valence-electron chi connectivity index (χ2n) is 10.9. The van der Waals surface area contributed by atoms with Crippen molar-refractivity contribution in [3.8, 4) is 0 Å². The minimum absolute atomic E-state index is 0.0387. The SMILES string of the molecule is CC1=C2[C@@H](C)C(=O)[C@@]3(C)[C@H]([C@H](C)[C@](O)(C[C@@H]1O)C2(C)C)[C@]1(O)CO[C@@H]1C[C@@H]3C. The third-order valence-electron chi connectivity index (χ3n) is 9.64. The molecule has 5 heteroatoms. The smallest absolute Gasteiger partial charge is 0.146 e. The molecule has 2 saturated carbocycles. The van der Waals surface area contributed by atoms with E-state index < -0.39 is 40.0 Å². The summed E-state index contributed by atoms with van der Waals surface area (Å²) in [6, 6.07) is 0. The van der Waals surface area contributed by atoms with E-state index in [1.807, 2.05) is 41.5 Å². The predicted molar refractivity (Wildman–Crippen MR) is 105 cm³/mol. The summed E-state index contributed by atoms with van der Waals surface area (Å²) in [6.45, 7) is 14.0. The Morgan fingerprint density at radius 2 is 1.71 bits per heavy atom. The van der Waals surface area contributed by atoms with Gasteiger partial charge in [-0.2, -0.15) is 0 Å². The molecule has 0 unspecified atom stereocenters. The van der Waals surface area contributed by atoms with Crippen LogP contribution in [0.4, 0.5) is 0 Å². The Morgan fingerprint density at radius 1 is 1.11 bits per heavy atom. The maximum atomic E-state index is 14.0. The lowest BCUT2D eigenvalue weighted by atomic mass is 9.41. The summed E-state index contributed by atoms with van der Waals surface area (Å²) in [5.41, 5.74) is -2.08. The van der Waals surface area contributed by atoms with Gasteiger partial charge in [-0.15, -0.1) is 0 Å². The van der Waals surface area contributed by atoms with E-state index in [-0.39, 0.29) is 36.8 Å². The van der Waals surface area contributed by atoms with Crippen molar-refractivity contribution < 1.29 is 24.9 Å². The highest BCUT2D eigenvalue weighted by Crippen LogP contribution is 2.66. The first-order valence-electron chi connectivity index (χ1n) is 10.7. The highest BCUT2D eigenvalue weighted by atomic mass is 16.6. The van der Waals surface area contributed by atoms with E-state index in [4.69, 9.17) is 4.74 Å². The molecular weight excluding hydrogens is 356 g/mol. The summed E-state index contributed by atoms with van der Waals surface area (Å²) in [4.78, 5) is 14.0. The summed E-state index contributed by atoms with van der Waals surface area (Å²) in [5.74, 6) is -1.05. The van der Waals surface area contributed by atoms with Gasteiger partial charge < -0.3 is 20.1 Å². The summed E-state index contributed by atoms with van der Waals surface area (Å²) < 4.78 is 5.71. The second kappa shape index (κ2) is 5.69. The molecule has 4 rings (SSSR count). The number of ketones is 1. The van der Waals surface area contributed by atoms with Gasteiger partial charge in [-0.25, -0.2) is 0 Å². The van der Waals surface area contributed by atoms with Crippen LogP contribution in [-0.4, -0.2) is 51.1 Å². The van der Waals surface area contributed by atoms with Crippen molar-refractivity contribution in [2.45, 2.75) is 84.7 Å². The van der Waals surface area contributed by atoms with Gasteiger partial charge in [0.15, 0.2) is 0 Å². The van der Waals surface area contributed by atoms with E-state index in [2.05, 4.69) is 6.92 Å². The van der Waals surface area contributed by atoms with Gasteiger partial charge in [0.2, 0.25) is 0 Å². The number of Topliss-reactive ketones (excluding diaryl/α,β-unsaturated/α-hetero) is 1. The van der Waals surface area contributed by atoms with Crippen molar-refractivity contribution in [1.82, 2.24) is 0 Å². The van der Waals surface area contributed by atoms with Gasteiger partial charge in [0.1, 0.15) is 11.4 Å². The lowest BCUT2D eigenvalue weighted by Crippen LogP contribution is -2.77. The molecule has 0 amide bonds. The Labute approximate surface area is 168 Å².